The Morgan fingerprint density at radius 2 is 2.16 bits per heavy atom. The predicted molar refractivity (Wildman–Crippen MR) is 76.3 cm³/mol. The van der Waals surface area contributed by atoms with Crippen molar-refractivity contribution in [3.8, 4) is 10.6 Å². The van der Waals surface area contributed by atoms with Gasteiger partial charge in [0.2, 0.25) is 0 Å². The molecule has 0 amide bonds. The highest BCUT2D eigenvalue weighted by Crippen LogP contribution is 2.47. The largest absolute Gasteiger partial charge is 0.480 e. The number of aliphatic carboxylic acids is 1. The molecule has 2 heterocycles. The van der Waals surface area contributed by atoms with Gasteiger partial charge in [0.05, 0.1) is 14.4 Å². The van der Waals surface area contributed by atoms with Crippen LogP contribution in [-0.4, -0.2) is 21.0 Å². The van der Waals surface area contributed by atoms with Gasteiger partial charge in [-0.05, 0) is 53.9 Å². The molecule has 1 aliphatic rings. The molecule has 4 nitrogen and oxygen atoms in total. The molecule has 98 valence electrons. The maximum Gasteiger partial charge on any atom is 0.317 e. The Morgan fingerprint density at radius 1 is 1.42 bits per heavy atom. The van der Waals surface area contributed by atoms with Crippen LogP contribution in [0.25, 0.3) is 10.6 Å². The normalized spacial score (nSPS) is 16.3. The van der Waals surface area contributed by atoms with E-state index in [1.54, 1.807) is 11.3 Å². The minimum Gasteiger partial charge on any atom is -0.480 e. The number of aromatic nitrogens is 2. The van der Waals surface area contributed by atoms with Crippen LogP contribution in [0, 0.1) is 6.92 Å². The summed E-state index contributed by atoms with van der Waals surface area (Å²) in [6.45, 7) is 1.87. The van der Waals surface area contributed by atoms with Crippen molar-refractivity contribution in [2.45, 2.75) is 25.2 Å². The number of nitrogens with zero attached hydrogens (tertiary/aromatic N) is 2. The Bertz CT molecular complexity index is 664. The molecule has 3 rings (SSSR count). The molecule has 1 saturated carbocycles. The summed E-state index contributed by atoms with van der Waals surface area (Å²) < 4.78 is 1.03. The summed E-state index contributed by atoms with van der Waals surface area (Å²) in [7, 11) is 0. The Hall–Kier alpha value is -1.27. The first-order valence-electron chi connectivity index (χ1n) is 5.86. The quantitative estimate of drug-likeness (QED) is 0.931. The van der Waals surface area contributed by atoms with Crippen LogP contribution in [0.1, 0.15) is 24.4 Å². The van der Waals surface area contributed by atoms with Crippen molar-refractivity contribution in [3.05, 3.63) is 33.5 Å². The van der Waals surface area contributed by atoms with Crippen molar-refractivity contribution >= 4 is 33.2 Å². The topological polar surface area (TPSA) is 63.1 Å². The average Bonchev–Trinajstić information content (AvgIpc) is 3.06. The molecule has 0 aliphatic heterocycles. The summed E-state index contributed by atoms with van der Waals surface area (Å²) in [5.41, 5.74) is 0.748. The van der Waals surface area contributed by atoms with Crippen LogP contribution in [0.2, 0.25) is 0 Å². The van der Waals surface area contributed by atoms with Crippen molar-refractivity contribution in [1.82, 2.24) is 9.97 Å². The van der Waals surface area contributed by atoms with E-state index in [1.807, 2.05) is 25.1 Å². The molecule has 2 aromatic rings. The van der Waals surface area contributed by atoms with Gasteiger partial charge in [0.15, 0.2) is 0 Å². The smallest absolute Gasteiger partial charge is 0.317 e. The highest BCUT2D eigenvalue weighted by molar-refractivity contribution is 9.11. The van der Waals surface area contributed by atoms with Crippen LogP contribution >= 0.6 is 27.3 Å². The van der Waals surface area contributed by atoms with Crippen LogP contribution in [0.4, 0.5) is 0 Å². The summed E-state index contributed by atoms with van der Waals surface area (Å²) in [6, 6.07) is 5.82. The fraction of sp³-hybridized carbons (Fsp3) is 0.308. The third-order valence-electron chi connectivity index (χ3n) is 3.27. The van der Waals surface area contributed by atoms with Gasteiger partial charge in [-0.15, -0.1) is 11.3 Å². The molecule has 1 fully saturated rings. The van der Waals surface area contributed by atoms with E-state index in [0.717, 1.165) is 20.1 Å². The van der Waals surface area contributed by atoms with Gasteiger partial charge in [-0.25, -0.2) is 9.97 Å². The van der Waals surface area contributed by atoms with E-state index in [9.17, 15) is 9.90 Å². The third kappa shape index (κ3) is 2.19. The highest BCUT2D eigenvalue weighted by atomic mass is 79.9. The highest BCUT2D eigenvalue weighted by Gasteiger charge is 2.54. The van der Waals surface area contributed by atoms with Gasteiger partial charge in [0.1, 0.15) is 11.2 Å². The number of thiophene rings is 1. The minimum atomic E-state index is -0.852. The Morgan fingerprint density at radius 3 is 2.68 bits per heavy atom. The zero-order valence-corrected chi connectivity index (χ0v) is 12.6. The Labute approximate surface area is 122 Å². The Balaban J connectivity index is 2.09. The molecular formula is C13H11BrN2O2S. The van der Waals surface area contributed by atoms with E-state index in [1.165, 1.54) is 0 Å². The second-order valence-corrected chi connectivity index (χ2v) is 7.17. The maximum absolute atomic E-state index is 11.4. The SMILES string of the molecule is Cc1cc(-c2ccc(Br)s2)nc(C2(C(=O)O)CC2)n1. The monoisotopic (exact) mass is 338 g/mol. The first-order chi connectivity index (χ1) is 9.01. The lowest BCUT2D eigenvalue weighted by Crippen LogP contribution is -2.23. The van der Waals surface area contributed by atoms with Gasteiger partial charge in [-0.2, -0.15) is 0 Å². The van der Waals surface area contributed by atoms with Crippen molar-refractivity contribution < 1.29 is 9.90 Å². The molecule has 6 heteroatoms. The number of rotatable bonds is 3. The van der Waals surface area contributed by atoms with E-state index in [0.29, 0.717) is 18.7 Å². The second-order valence-electron chi connectivity index (χ2n) is 4.71. The summed E-state index contributed by atoms with van der Waals surface area (Å²) in [5, 5.41) is 9.33. The first kappa shape index (κ1) is 12.7. The van der Waals surface area contributed by atoms with E-state index in [4.69, 9.17) is 0 Å². The lowest BCUT2D eigenvalue weighted by molar-refractivity contribution is -0.140. The first-order valence-corrected chi connectivity index (χ1v) is 7.47. The molecule has 0 spiro atoms. The minimum absolute atomic E-state index is 0.444. The summed E-state index contributed by atoms with van der Waals surface area (Å²) >= 11 is 5.00. The molecule has 1 N–H and O–H groups in total. The molecular weight excluding hydrogens is 328 g/mol. The molecule has 0 unspecified atom stereocenters. The van der Waals surface area contributed by atoms with Gasteiger partial charge < -0.3 is 5.11 Å². The Kier molecular flexibility index (Phi) is 2.94. The van der Waals surface area contributed by atoms with Crippen LogP contribution < -0.4 is 0 Å². The molecule has 0 radical (unpaired) electrons. The lowest BCUT2D eigenvalue weighted by atomic mass is 10.1. The molecule has 0 bridgehead atoms. The summed E-state index contributed by atoms with van der Waals surface area (Å²) in [4.78, 5) is 21.2. The van der Waals surface area contributed by atoms with Crippen LogP contribution in [0.5, 0.6) is 0 Å². The van der Waals surface area contributed by atoms with Crippen molar-refractivity contribution in [2.75, 3.05) is 0 Å². The molecule has 0 saturated heterocycles. The predicted octanol–water partition coefficient (Wildman–Crippen LogP) is 3.39. The number of carboxylic acid groups (broad SMARTS) is 1. The second kappa shape index (κ2) is 4.38. The van der Waals surface area contributed by atoms with E-state index >= 15 is 0 Å². The molecule has 19 heavy (non-hydrogen) atoms. The number of hydrogen-bond acceptors (Lipinski definition) is 4. The number of halogens is 1. The maximum atomic E-state index is 11.4. The van der Waals surface area contributed by atoms with Gasteiger partial charge in [0, 0.05) is 5.69 Å². The van der Waals surface area contributed by atoms with Gasteiger partial charge >= 0.3 is 5.97 Å². The molecule has 0 aromatic carbocycles. The fourth-order valence-corrected chi connectivity index (χ4v) is 3.37. The third-order valence-corrected chi connectivity index (χ3v) is 4.91. The standard InChI is InChI=1S/C13H11BrN2O2S/c1-7-6-8(9-2-3-10(14)19-9)16-11(15-7)13(4-5-13)12(17)18/h2-3,6H,4-5H2,1H3,(H,17,18). The molecule has 2 aromatic heterocycles. The summed E-state index contributed by atoms with van der Waals surface area (Å²) in [6.07, 6.45) is 1.25. The zero-order valence-electron chi connectivity index (χ0n) is 10.2. The van der Waals surface area contributed by atoms with Gasteiger partial charge in [-0.1, -0.05) is 0 Å². The van der Waals surface area contributed by atoms with E-state index < -0.39 is 11.4 Å². The van der Waals surface area contributed by atoms with Gasteiger partial charge in [0.25, 0.3) is 0 Å². The van der Waals surface area contributed by atoms with Crippen LogP contribution in [-0.2, 0) is 10.2 Å². The molecule has 0 atom stereocenters. The van der Waals surface area contributed by atoms with Crippen molar-refractivity contribution in [2.24, 2.45) is 0 Å². The van der Waals surface area contributed by atoms with Crippen LogP contribution in [0.15, 0.2) is 22.0 Å². The average molecular weight is 339 g/mol. The van der Waals surface area contributed by atoms with E-state index in [-0.39, 0.29) is 0 Å². The zero-order chi connectivity index (χ0) is 13.6. The van der Waals surface area contributed by atoms with Crippen molar-refractivity contribution in [3.63, 3.8) is 0 Å². The lowest BCUT2D eigenvalue weighted by Gasteiger charge is -2.10. The van der Waals surface area contributed by atoms with Gasteiger partial charge in [-0.3, -0.25) is 4.79 Å². The number of hydrogen-bond donors (Lipinski definition) is 1. The summed E-state index contributed by atoms with van der Waals surface area (Å²) in [5.74, 6) is -0.379. The number of aryl methyl sites for hydroxylation is 1. The molecule has 1 aliphatic carbocycles. The van der Waals surface area contributed by atoms with Crippen molar-refractivity contribution in [1.29, 1.82) is 0 Å². The fourth-order valence-electron chi connectivity index (χ4n) is 2.02. The van der Waals surface area contributed by atoms with E-state index in [2.05, 4.69) is 25.9 Å². The van der Waals surface area contributed by atoms with Crippen LogP contribution in [0.3, 0.4) is 0 Å². The number of carboxylic acids is 1. The number of carbonyl (C=O) groups is 1.